The number of amides is 1. The molecule has 0 saturated carbocycles. The molecule has 26 heavy (non-hydrogen) atoms. The minimum absolute atomic E-state index is 0.133. The number of hydrogen-bond donors (Lipinski definition) is 1. The van der Waals surface area contributed by atoms with Crippen molar-refractivity contribution in [3.05, 3.63) is 57.6 Å². The zero-order chi connectivity index (χ0) is 19.3. The van der Waals surface area contributed by atoms with E-state index in [0.717, 1.165) is 5.56 Å². The van der Waals surface area contributed by atoms with E-state index in [1.807, 2.05) is 6.07 Å². The lowest BCUT2D eigenvalue weighted by Crippen LogP contribution is -2.27. The number of carbonyl (C=O) groups excluding carboxylic acids is 1. The Bertz CT molecular complexity index is 822. The van der Waals surface area contributed by atoms with Crippen LogP contribution in [0.25, 0.3) is 0 Å². The molecule has 0 saturated heterocycles. The van der Waals surface area contributed by atoms with E-state index in [4.69, 9.17) is 9.47 Å². The van der Waals surface area contributed by atoms with Gasteiger partial charge in [0.15, 0.2) is 11.5 Å². The standard InChI is InChI=1S/C18H21N3O5/c1-19-15-7-6-13(21(23)24)10-14(15)18(22)20(2)11-12-5-8-16(25-3)17(9-12)26-4/h5-10,19H,11H2,1-4H3. The molecule has 0 fully saturated rings. The Morgan fingerprint density at radius 2 is 1.85 bits per heavy atom. The topological polar surface area (TPSA) is 93.9 Å². The molecule has 0 radical (unpaired) electrons. The molecule has 1 N–H and O–H groups in total. The van der Waals surface area contributed by atoms with Gasteiger partial charge in [-0.3, -0.25) is 14.9 Å². The molecule has 0 bridgehead atoms. The number of non-ortho nitro benzene ring substituents is 1. The van der Waals surface area contributed by atoms with E-state index in [0.29, 0.717) is 23.7 Å². The van der Waals surface area contributed by atoms with Gasteiger partial charge in [-0.15, -0.1) is 0 Å². The highest BCUT2D eigenvalue weighted by molar-refractivity contribution is 6.00. The number of rotatable bonds is 7. The van der Waals surface area contributed by atoms with Crippen LogP contribution in [-0.4, -0.2) is 44.0 Å². The van der Waals surface area contributed by atoms with Gasteiger partial charge in [-0.25, -0.2) is 0 Å². The first kappa shape index (κ1) is 19.0. The molecule has 2 aromatic rings. The quantitative estimate of drug-likeness (QED) is 0.603. The van der Waals surface area contributed by atoms with Crippen molar-refractivity contribution in [3.63, 3.8) is 0 Å². The summed E-state index contributed by atoms with van der Waals surface area (Å²) in [4.78, 5) is 24.8. The third kappa shape index (κ3) is 4.02. The molecule has 0 spiro atoms. The van der Waals surface area contributed by atoms with E-state index in [9.17, 15) is 14.9 Å². The van der Waals surface area contributed by atoms with Crippen molar-refractivity contribution >= 4 is 17.3 Å². The van der Waals surface area contributed by atoms with E-state index in [1.54, 1.807) is 40.4 Å². The van der Waals surface area contributed by atoms with E-state index >= 15 is 0 Å². The van der Waals surface area contributed by atoms with Crippen LogP contribution in [0.4, 0.5) is 11.4 Å². The highest BCUT2D eigenvalue weighted by Gasteiger charge is 2.20. The Hall–Kier alpha value is -3.29. The van der Waals surface area contributed by atoms with Crippen molar-refractivity contribution in [1.82, 2.24) is 4.90 Å². The maximum atomic E-state index is 12.8. The number of benzene rings is 2. The molecule has 0 heterocycles. The van der Waals surface area contributed by atoms with Gasteiger partial charge in [0.2, 0.25) is 0 Å². The van der Waals surface area contributed by atoms with E-state index < -0.39 is 4.92 Å². The molecule has 0 aliphatic carbocycles. The van der Waals surface area contributed by atoms with Crippen LogP contribution in [0.15, 0.2) is 36.4 Å². The molecular formula is C18H21N3O5. The third-order valence-electron chi connectivity index (χ3n) is 3.93. The van der Waals surface area contributed by atoms with Crippen LogP contribution in [0.2, 0.25) is 0 Å². The van der Waals surface area contributed by atoms with Gasteiger partial charge in [-0.2, -0.15) is 0 Å². The minimum atomic E-state index is -0.523. The smallest absolute Gasteiger partial charge is 0.270 e. The zero-order valence-electron chi connectivity index (χ0n) is 15.1. The molecule has 0 aliphatic heterocycles. The van der Waals surface area contributed by atoms with E-state index in [1.165, 1.54) is 23.1 Å². The van der Waals surface area contributed by atoms with Crippen molar-refractivity contribution < 1.29 is 19.2 Å². The molecule has 0 aliphatic rings. The maximum absolute atomic E-state index is 12.8. The fraction of sp³-hybridized carbons (Fsp3) is 0.278. The first-order chi connectivity index (χ1) is 12.4. The Kier molecular flexibility index (Phi) is 6.00. The summed E-state index contributed by atoms with van der Waals surface area (Å²) in [6, 6.07) is 9.54. The van der Waals surface area contributed by atoms with Crippen molar-refractivity contribution in [2.45, 2.75) is 6.54 Å². The number of anilines is 1. The predicted octanol–water partition coefficient (Wildman–Crippen LogP) is 2.93. The average Bonchev–Trinajstić information content (AvgIpc) is 2.66. The Labute approximate surface area is 151 Å². The summed E-state index contributed by atoms with van der Waals surface area (Å²) in [6.45, 7) is 0.311. The molecule has 2 rings (SSSR count). The largest absolute Gasteiger partial charge is 0.493 e. The van der Waals surface area contributed by atoms with Crippen LogP contribution in [0.5, 0.6) is 11.5 Å². The molecule has 1 amide bonds. The lowest BCUT2D eigenvalue weighted by molar-refractivity contribution is -0.384. The molecule has 0 aromatic heterocycles. The van der Waals surface area contributed by atoms with Gasteiger partial charge < -0.3 is 19.7 Å². The fourth-order valence-electron chi connectivity index (χ4n) is 2.57. The summed E-state index contributed by atoms with van der Waals surface area (Å²) >= 11 is 0. The summed E-state index contributed by atoms with van der Waals surface area (Å²) in [5.74, 6) is 0.839. The van der Waals surface area contributed by atoms with Gasteiger partial charge in [0, 0.05) is 38.5 Å². The highest BCUT2D eigenvalue weighted by Crippen LogP contribution is 2.28. The Balaban J connectivity index is 2.27. The summed E-state index contributed by atoms with van der Waals surface area (Å²) in [7, 11) is 6.39. The number of ether oxygens (including phenoxy) is 2. The summed E-state index contributed by atoms with van der Waals surface area (Å²) in [6.07, 6.45) is 0. The van der Waals surface area contributed by atoms with Gasteiger partial charge in [0.05, 0.1) is 24.7 Å². The first-order valence-electron chi connectivity index (χ1n) is 7.83. The molecule has 2 aromatic carbocycles. The van der Waals surface area contributed by atoms with Crippen LogP contribution in [-0.2, 0) is 6.54 Å². The normalized spacial score (nSPS) is 10.2. The second-order valence-electron chi connectivity index (χ2n) is 5.59. The second kappa shape index (κ2) is 8.19. The monoisotopic (exact) mass is 359 g/mol. The zero-order valence-corrected chi connectivity index (χ0v) is 15.1. The first-order valence-corrected chi connectivity index (χ1v) is 7.83. The van der Waals surface area contributed by atoms with Crippen molar-refractivity contribution in [1.29, 1.82) is 0 Å². The second-order valence-corrected chi connectivity index (χ2v) is 5.59. The maximum Gasteiger partial charge on any atom is 0.270 e. The molecular weight excluding hydrogens is 338 g/mol. The van der Waals surface area contributed by atoms with Crippen molar-refractivity contribution in [2.75, 3.05) is 33.6 Å². The minimum Gasteiger partial charge on any atom is -0.493 e. The number of nitro benzene ring substituents is 1. The lowest BCUT2D eigenvalue weighted by Gasteiger charge is -2.20. The Morgan fingerprint density at radius 1 is 1.15 bits per heavy atom. The number of nitrogens with one attached hydrogen (secondary N) is 1. The lowest BCUT2D eigenvalue weighted by atomic mass is 10.1. The van der Waals surface area contributed by atoms with Crippen LogP contribution >= 0.6 is 0 Å². The number of nitrogens with zero attached hydrogens (tertiary/aromatic N) is 2. The molecule has 0 unspecified atom stereocenters. The highest BCUT2D eigenvalue weighted by atomic mass is 16.6. The number of nitro groups is 1. The Morgan fingerprint density at radius 3 is 2.42 bits per heavy atom. The molecule has 138 valence electrons. The molecule has 8 heteroatoms. The number of methoxy groups -OCH3 is 2. The van der Waals surface area contributed by atoms with Crippen LogP contribution in [0, 0.1) is 10.1 Å². The number of hydrogen-bond acceptors (Lipinski definition) is 6. The summed E-state index contributed by atoms with van der Waals surface area (Å²) < 4.78 is 10.5. The average molecular weight is 359 g/mol. The molecule has 8 nitrogen and oxygen atoms in total. The van der Waals surface area contributed by atoms with Crippen LogP contribution in [0.1, 0.15) is 15.9 Å². The van der Waals surface area contributed by atoms with Gasteiger partial charge in [0.25, 0.3) is 11.6 Å². The van der Waals surface area contributed by atoms with Crippen molar-refractivity contribution in [3.8, 4) is 11.5 Å². The van der Waals surface area contributed by atoms with Gasteiger partial charge in [-0.05, 0) is 23.8 Å². The SMILES string of the molecule is CNc1ccc([N+](=O)[O-])cc1C(=O)N(C)Cc1ccc(OC)c(OC)c1. The summed E-state index contributed by atoms with van der Waals surface area (Å²) in [5, 5.41) is 13.9. The van der Waals surface area contributed by atoms with Gasteiger partial charge >= 0.3 is 0 Å². The predicted molar refractivity (Wildman–Crippen MR) is 98.0 cm³/mol. The van der Waals surface area contributed by atoms with E-state index in [2.05, 4.69) is 5.32 Å². The van der Waals surface area contributed by atoms with Crippen LogP contribution in [0.3, 0.4) is 0 Å². The van der Waals surface area contributed by atoms with Crippen LogP contribution < -0.4 is 14.8 Å². The van der Waals surface area contributed by atoms with Crippen molar-refractivity contribution in [2.24, 2.45) is 0 Å². The third-order valence-corrected chi connectivity index (χ3v) is 3.93. The molecule has 0 atom stereocenters. The van der Waals surface area contributed by atoms with E-state index in [-0.39, 0.29) is 17.2 Å². The van der Waals surface area contributed by atoms with Gasteiger partial charge in [0.1, 0.15) is 0 Å². The van der Waals surface area contributed by atoms with Gasteiger partial charge in [-0.1, -0.05) is 6.07 Å². The summed E-state index contributed by atoms with van der Waals surface area (Å²) in [5.41, 5.74) is 1.48. The fourth-order valence-corrected chi connectivity index (χ4v) is 2.57. The number of carbonyl (C=O) groups is 1.